The predicted molar refractivity (Wildman–Crippen MR) is 51.2 cm³/mol. The summed E-state index contributed by atoms with van der Waals surface area (Å²) < 4.78 is 0. The van der Waals surface area contributed by atoms with Gasteiger partial charge in [0.25, 0.3) is 0 Å². The first-order chi connectivity index (χ1) is 5.38. The van der Waals surface area contributed by atoms with Crippen LogP contribution in [-0.2, 0) is 0 Å². The van der Waals surface area contributed by atoms with Crippen LogP contribution in [0.5, 0.6) is 0 Å². The summed E-state index contributed by atoms with van der Waals surface area (Å²) in [6.45, 7) is 2.71. The summed E-state index contributed by atoms with van der Waals surface area (Å²) in [6, 6.07) is 0.885. The van der Waals surface area contributed by atoms with Gasteiger partial charge in [0.1, 0.15) is 0 Å². The van der Waals surface area contributed by atoms with Crippen molar-refractivity contribution in [1.29, 1.82) is 0 Å². The van der Waals surface area contributed by atoms with E-state index in [1.54, 1.807) is 0 Å². The van der Waals surface area contributed by atoms with Crippen LogP contribution in [0.3, 0.4) is 0 Å². The molecule has 1 saturated heterocycles. The topological polar surface area (TPSA) is 3.24 Å². The van der Waals surface area contributed by atoms with Crippen LogP contribution in [0.1, 0.15) is 32.1 Å². The Labute approximate surface area is 77.3 Å². The van der Waals surface area contributed by atoms with E-state index in [0.717, 1.165) is 10.9 Å². The average Bonchev–Trinajstić information content (AvgIpc) is 2.04. The Balaban J connectivity index is 1.83. The second-order valence-corrected chi connectivity index (χ2v) is 4.93. The number of nitrogens with zero attached hydrogens (tertiary/aromatic N) is 1. The maximum atomic E-state index is 3.72. The Morgan fingerprint density at radius 3 is 2.18 bits per heavy atom. The SMILES string of the molecule is BrC1CCC1N1CCCCC1. The Bertz CT molecular complexity index is 132. The van der Waals surface area contributed by atoms with Gasteiger partial charge in [-0.1, -0.05) is 22.4 Å². The molecule has 0 N–H and O–H groups in total. The first-order valence-electron chi connectivity index (χ1n) is 4.76. The van der Waals surface area contributed by atoms with Gasteiger partial charge in [0, 0.05) is 10.9 Å². The van der Waals surface area contributed by atoms with Crippen molar-refractivity contribution in [1.82, 2.24) is 4.90 Å². The molecule has 1 saturated carbocycles. The van der Waals surface area contributed by atoms with E-state index < -0.39 is 0 Å². The van der Waals surface area contributed by atoms with E-state index in [-0.39, 0.29) is 0 Å². The van der Waals surface area contributed by atoms with Crippen LogP contribution < -0.4 is 0 Å². The molecule has 1 heterocycles. The highest BCUT2D eigenvalue weighted by Gasteiger charge is 2.33. The van der Waals surface area contributed by atoms with Crippen LogP contribution in [0.4, 0.5) is 0 Å². The fourth-order valence-corrected chi connectivity index (χ4v) is 2.97. The van der Waals surface area contributed by atoms with Gasteiger partial charge < -0.3 is 0 Å². The van der Waals surface area contributed by atoms with Crippen molar-refractivity contribution in [2.75, 3.05) is 13.1 Å². The quantitative estimate of drug-likeness (QED) is 0.611. The highest BCUT2D eigenvalue weighted by molar-refractivity contribution is 9.09. The Kier molecular flexibility index (Phi) is 2.52. The fraction of sp³-hybridized carbons (Fsp3) is 1.00. The maximum Gasteiger partial charge on any atom is 0.0302 e. The van der Waals surface area contributed by atoms with Gasteiger partial charge in [-0.3, -0.25) is 4.90 Å². The van der Waals surface area contributed by atoms with Gasteiger partial charge in [0.15, 0.2) is 0 Å². The summed E-state index contributed by atoms with van der Waals surface area (Å²) in [6.07, 6.45) is 7.12. The van der Waals surface area contributed by atoms with Crippen LogP contribution in [0.2, 0.25) is 0 Å². The van der Waals surface area contributed by atoms with Gasteiger partial charge in [-0.15, -0.1) is 0 Å². The van der Waals surface area contributed by atoms with Crippen LogP contribution in [0.25, 0.3) is 0 Å². The third kappa shape index (κ3) is 1.62. The third-order valence-corrected chi connectivity index (χ3v) is 4.08. The van der Waals surface area contributed by atoms with Gasteiger partial charge in [0.05, 0.1) is 0 Å². The van der Waals surface area contributed by atoms with Crippen LogP contribution in [0.15, 0.2) is 0 Å². The van der Waals surface area contributed by atoms with Crippen molar-refractivity contribution in [2.24, 2.45) is 0 Å². The smallest absolute Gasteiger partial charge is 0.0302 e. The standard InChI is InChI=1S/C9H16BrN/c10-8-4-5-9(8)11-6-2-1-3-7-11/h8-9H,1-7H2. The normalized spacial score (nSPS) is 40.1. The van der Waals surface area contributed by atoms with Gasteiger partial charge in [-0.05, 0) is 38.8 Å². The predicted octanol–water partition coefficient (Wildman–Crippen LogP) is 2.40. The van der Waals surface area contributed by atoms with E-state index in [9.17, 15) is 0 Å². The number of alkyl halides is 1. The van der Waals surface area contributed by atoms with E-state index in [2.05, 4.69) is 20.8 Å². The molecule has 0 spiro atoms. The molecule has 2 fully saturated rings. The number of halogens is 1. The molecule has 2 aliphatic rings. The summed E-state index contributed by atoms with van der Waals surface area (Å²) in [5.41, 5.74) is 0. The van der Waals surface area contributed by atoms with Crippen molar-refractivity contribution >= 4 is 15.9 Å². The van der Waals surface area contributed by atoms with Crippen molar-refractivity contribution < 1.29 is 0 Å². The van der Waals surface area contributed by atoms with Crippen LogP contribution in [-0.4, -0.2) is 28.9 Å². The lowest BCUT2D eigenvalue weighted by atomic mass is 9.90. The first kappa shape index (κ1) is 8.06. The molecule has 0 aromatic rings. The van der Waals surface area contributed by atoms with Gasteiger partial charge in [0.2, 0.25) is 0 Å². The molecule has 2 unspecified atom stereocenters. The lowest BCUT2D eigenvalue weighted by molar-refractivity contribution is 0.113. The lowest BCUT2D eigenvalue weighted by Gasteiger charge is -2.43. The lowest BCUT2D eigenvalue weighted by Crippen LogP contribution is -2.49. The van der Waals surface area contributed by atoms with Crippen molar-refractivity contribution in [3.05, 3.63) is 0 Å². The second-order valence-electron chi connectivity index (χ2n) is 3.76. The zero-order valence-electron chi connectivity index (χ0n) is 6.93. The van der Waals surface area contributed by atoms with E-state index in [4.69, 9.17) is 0 Å². The minimum Gasteiger partial charge on any atom is -0.299 e. The molecule has 2 heteroatoms. The van der Waals surface area contributed by atoms with Crippen molar-refractivity contribution in [2.45, 2.75) is 43.0 Å². The van der Waals surface area contributed by atoms with Gasteiger partial charge in [-0.2, -0.15) is 0 Å². The Hall–Kier alpha value is 0.440. The summed E-state index contributed by atoms with van der Waals surface area (Å²) in [7, 11) is 0. The molecule has 2 atom stereocenters. The number of rotatable bonds is 1. The second kappa shape index (κ2) is 3.44. The molecule has 0 aromatic carbocycles. The minimum atomic E-state index is 0.806. The Morgan fingerprint density at radius 1 is 1.00 bits per heavy atom. The Morgan fingerprint density at radius 2 is 1.73 bits per heavy atom. The minimum absolute atomic E-state index is 0.806. The molecule has 64 valence electrons. The monoisotopic (exact) mass is 217 g/mol. The van der Waals surface area contributed by atoms with Gasteiger partial charge in [-0.25, -0.2) is 0 Å². The van der Waals surface area contributed by atoms with Crippen LogP contribution >= 0.6 is 15.9 Å². The van der Waals surface area contributed by atoms with Crippen molar-refractivity contribution in [3.63, 3.8) is 0 Å². The summed E-state index contributed by atoms with van der Waals surface area (Å²) in [5, 5.41) is 0. The molecular weight excluding hydrogens is 202 g/mol. The molecule has 0 radical (unpaired) electrons. The molecule has 1 aliphatic heterocycles. The number of likely N-dealkylation sites (tertiary alicyclic amines) is 1. The molecule has 1 aliphatic carbocycles. The molecule has 2 rings (SSSR count). The molecule has 0 aromatic heterocycles. The largest absolute Gasteiger partial charge is 0.299 e. The highest BCUT2D eigenvalue weighted by Crippen LogP contribution is 2.33. The molecular formula is C9H16BrN. The fourth-order valence-electron chi connectivity index (χ4n) is 2.10. The van der Waals surface area contributed by atoms with Gasteiger partial charge >= 0.3 is 0 Å². The number of hydrogen-bond donors (Lipinski definition) is 0. The maximum absolute atomic E-state index is 3.72. The van der Waals surface area contributed by atoms with Crippen molar-refractivity contribution in [3.8, 4) is 0 Å². The molecule has 0 amide bonds. The van der Waals surface area contributed by atoms with E-state index in [0.29, 0.717) is 0 Å². The van der Waals surface area contributed by atoms with Crippen LogP contribution in [0, 0.1) is 0 Å². The first-order valence-corrected chi connectivity index (χ1v) is 5.67. The zero-order valence-corrected chi connectivity index (χ0v) is 8.52. The number of hydrogen-bond acceptors (Lipinski definition) is 1. The zero-order chi connectivity index (χ0) is 7.68. The van der Waals surface area contributed by atoms with E-state index in [1.807, 2.05) is 0 Å². The summed E-state index contributed by atoms with van der Waals surface area (Å²) in [5.74, 6) is 0. The molecule has 1 nitrogen and oxygen atoms in total. The number of piperidine rings is 1. The molecule has 11 heavy (non-hydrogen) atoms. The average molecular weight is 218 g/mol. The third-order valence-electron chi connectivity index (χ3n) is 3.02. The highest BCUT2D eigenvalue weighted by atomic mass is 79.9. The summed E-state index contributed by atoms with van der Waals surface area (Å²) in [4.78, 5) is 3.48. The van der Waals surface area contributed by atoms with E-state index >= 15 is 0 Å². The van der Waals surface area contributed by atoms with E-state index in [1.165, 1.54) is 45.2 Å². The molecule has 0 bridgehead atoms. The summed E-state index contributed by atoms with van der Waals surface area (Å²) >= 11 is 3.72.